The summed E-state index contributed by atoms with van der Waals surface area (Å²) in [5.41, 5.74) is 8.17. The standard InChI is InChI=1S/C16H18/c1-11-9-13(3)16(14(4)10-11)15-8-6-5-7-12(15)2/h5-10H,1-4H3. The minimum atomic E-state index is 1.34. The minimum absolute atomic E-state index is 1.34. The summed E-state index contributed by atoms with van der Waals surface area (Å²) in [6, 6.07) is 13.1. The van der Waals surface area contributed by atoms with Gasteiger partial charge >= 0.3 is 0 Å². The maximum Gasteiger partial charge on any atom is -0.0123 e. The number of benzene rings is 2. The Morgan fingerprint density at radius 2 is 1.25 bits per heavy atom. The van der Waals surface area contributed by atoms with E-state index in [1.165, 1.54) is 33.4 Å². The second-order valence-corrected chi connectivity index (χ2v) is 4.59. The van der Waals surface area contributed by atoms with Gasteiger partial charge < -0.3 is 0 Å². The molecule has 0 atom stereocenters. The molecule has 0 nitrogen and oxygen atoms in total. The molecular formula is C16H18. The van der Waals surface area contributed by atoms with Crippen molar-refractivity contribution >= 4 is 0 Å². The Morgan fingerprint density at radius 3 is 1.81 bits per heavy atom. The van der Waals surface area contributed by atoms with Gasteiger partial charge in [0.15, 0.2) is 0 Å². The molecule has 16 heavy (non-hydrogen) atoms. The van der Waals surface area contributed by atoms with E-state index in [2.05, 4.69) is 64.1 Å². The first-order valence-electron chi connectivity index (χ1n) is 5.73. The Kier molecular flexibility index (Phi) is 2.82. The van der Waals surface area contributed by atoms with Crippen LogP contribution < -0.4 is 0 Å². The second kappa shape index (κ2) is 4.13. The van der Waals surface area contributed by atoms with Crippen molar-refractivity contribution in [2.24, 2.45) is 0 Å². The molecule has 2 aromatic carbocycles. The summed E-state index contributed by atoms with van der Waals surface area (Å²) < 4.78 is 0. The van der Waals surface area contributed by atoms with Crippen LogP contribution in [0.25, 0.3) is 11.1 Å². The third kappa shape index (κ3) is 1.88. The third-order valence-electron chi connectivity index (χ3n) is 3.09. The summed E-state index contributed by atoms with van der Waals surface area (Å²) >= 11 is 0. The topological polar surface area (TPSA) is 0 Å². The van der Waals surface area contributed by atoms with Crippen molar-refractivity contribution in [2.75, 3.05) is 0 Å². The number of hydrogen-bond donors (Lipinski definition) is 0. The van der Waals surface area contributed by atoms with Gasteiger partial charge in [-0.1, -0.05) is 42.0 Å². The molecule has 0 aliphatic rings. The van der Waals surface area contributed by atoms with Crippen molar-refractivity contribution in [3.8, 4) is 11.1 Å². The van der Waals surface area contributed by atoms with Gasteiger partial charge in [0.25, 0.3) is 0 Å². The SMILES string of the molecule is Cc1cc(C)c(-c2ccccc2C)c(C)c1. The van der Waals surface area contributed by atoms with Crippen molar-refractivity contribution in [1.29, 1.82) is 0 Å². The average Bonchev–Trinajstić information content (AvgIpc) is 2.19. The number of hydrogen-bond acceptors (Lipinski definition) is 0. The Labute approximate surface area is 97.9 Å². The maximum absolute atomic E-state index is 2.26. The van der Waals surface area contributed by atoms with Crippen LogP contribution in [0.5, 0.6) is 0 Å². The van der Waals surface area contributed by atoms with Gasteiger partial charge in [0.2, 0.25) is 0 Å². The summed E-state index contributed by atoms with van der Waals surface area (Å²) in [4.78, 5) is 0. The van der Waals surface area contributed by atoms with Crippen LogP contribution in [0.1, 0.15) is 22.3 Å². The molecule has 0 heterocycles. The summed E-state index contributed by atoms with van der Waals surface area (Å²) in [5, 5.41) is 0. The zero-order valence-corrected chi connectivity index (χ0v) is 10.5. The monoisotopic (exact) mass is 210 g/mol. The van der Waals surface area contributed by atoms with E-state index in [1.54, 1.807) is 0 Å². The fraction of sp³-hybridized carbons (Fsp3) is 0.250. The van der Waals surface area contributed by atoms with E-state index in [4.69, 9.17) is 0 Å². The van der Waals surface area contributed by atoms with E-state index in [0.717, 1.165) is 0 Å². The van der Waals surface area contributed by atoms with Gasteiger partial charge in [-0.05, 0) is 55.5 Å². The molecule has 82 valence electrons. The summed E-state index contributed by atoms with van der Waals surface area (Å²) in [7, 11) is 0. The van der Waals surface area contributed by atoms with Gasteiger partial charge in [-0.25, -0.2) is 0 Å². The summed E-state index contributed by atoms with van der Waals surface area (Å²) in [6.45, 7) is 8.72. The predicted molar refractivity (Wildman–Crippen MR) is 70.8 cm³/mol. The molecule has 0 saturated carbocycles. The molecule has 0 N–H and O–H groups in total. The molecular weight excluding hydrogens is 192 g/mol. The van der Waals surface area contributed by atoms with Crippen molar-refractivity contribution in [3.05, 3.63) is 58.7 Å². The second-order valence-electron chi connectivity index (χ2n) is 4.59. The summed E-state index contributed by atoms with van der Waals surface area (Å²) in [6.07, 6.45) is 0. The van der Waals surface area contributed by atoms with Gasteiger partial charge in [0.1, 0.15) is 0 Å². The van der Waals surface area contributed by atoms with E-state index in [0.29, 0.717) is 0 Å². The zero-order valence-electron chi connectivity index (χ0n) is 10.5. The van der Waals surface area contributed by atoms with Crippen LogP contribution in [0.3, 0.4) is 0 Å². The first-order valence-corrected chi connectivity index (χ1v) is 5.73. The van der Waals surface area contributed by atoms with E-state index in [9.17, 15) is 0 Å². The molecule has 0 fully saturated rings. The number of rotatable bonds is 1. The van der Waals surface area contributed by atoms with Gasteiger partial charge in [-0.2, -0.15) is 0 Å². The van der Waals surface area contributed by atoms with Crippen LogP contribution in [0.2, 0.25) is 0 Å². The molecule has 0 aliphatic heterocycles. The lowest BCUT2D eigenvalue weighted by atomic mass is 9.91. The maximum atomic E-state index is 2.26. The normalized spacial score (nSPS) is 10.5. The molecule has 0 amide bonds. The third-order valence-corrected chi connectivity index (χ3v) is 3.09. The van der Waals surface area contributed by atoms with Crippen molar-refractivity contribution in [3.63, 3.8) is 0 Å². The molecule has 0 bridgehead atoms. The van der Waals surface area contributed by atoms with Crippen LogP contribution in [0, 0.1) is 27.7 Å². The minimum Gasteiger partial charge on any atom is -0.0620 e. The lowest BCUT2D eigenvalue weighted by Gasteiger charge is -2.13. The quantitative estimate of drug-likeness (QED) is 0.646. The fourth-order valence-corrected chi connectivity index (χ4v) is 2.46. The highest BCUT2D eigenvalue weighted by atomic mass is 14.1. The van der Waals surface area contributed by atoms with Crippen molar-refractivity contribution in [1.82, 2.24) is 0 Å². The van der Waals surface area contributed by atoms with Crippen molar-refractivity contribution in [2.45, 2.75) is 27.7 Å². The molecule has 0 aliphatic carbocycles. The summed E-state index contributed by atoms with van der Waals surface area (Å²) in [5.74, 6) is 0. The molecule has 2 rings (SSSR count). The predicted octanol–water partition coefficient (Wildman–Crippen LogP) is 4.59. The molecule has 0 radical (unpaired) electrons. The number of aryl methyl sites for hydroxylation is 4. The van der Waals surface area contributed by atoms with E-state index in [1.807, 2.05) is 0 Å². The van der Waals surface area contributed by atoms with Crippen molar-refractivity contribution < 1.29 is 0 Å². The van der Waals surface area contributed by atoms with E-state index < -0.39 is 0 Å². The Balaban J connectivity index is 2.70. The van der Waals surface area contributed by atoms with Crippen LogP contribution in [0.15, 0.2) is 36.4 Å². The first kappa shape index (κ1) is 10.9. The molecule has 0 spiro atoms. The fourth-order valence-electron chi connectivity index (χ4n) is 2.46. The lowest BCUT2D eigenvalue weighted by molar-refractivity contribution is 1.31. The molecule has 2 aromatic rings. The van der Waals surface area contributed by atoms with E-state index in [-0.39, 0.29) is 0 Å². The Morgan fingerprint density at radius 1 is 0.688 bits per heavy atom. The highest BCUT2D eigenvalue weighted by molar-refractivity contribution is 5.73. The Bertz CT molecular complexity index is 498. The van der Waals surface area contributed by atoms with Crippen LogP contribution in [0.4, 0.5) is 0 Å². The van der Waals surface area contributed by atoms with E-state index >= 15 is 0 Å². The average molecular weight is 210 g/mol. The van der Waals surface area contributed by atoms with Crippen LogP contribution in [-0.2, 0) is 0 Å². The van der Waals surface area contributed by atoms with Gasteiger partial charge in [-0.15, -0.1) is 0 Å². The van der Waals surface area contributed by atoms with Crippen LogP contribution >= 0.6 is 0 Å². The van der Waals surface area contributed by atoms with Gasteiger partial charge in [-0.3, -0.25) is 0 Å². The van der Waals surface area contributed by atoms with Gasteiger partial charge in [0, 0.05) is 0 Å². The molecule has 0 saturated heterocycles. The molecule has 0 heteroatoms. The lowest BCUT2D eigenvalue weighted by Crippen LogP contribution is -1.91. The Hall–Kier alpha value is -1.56. The molecule has 0 unspecified atom stereocenters. The molecule has 0 aromatic heterocycles. The highest BCUT2D eigenvalue weighted by Gasteiger charge is 2.07. The van der Waals surface area contributed by atoms with Gasteiger partial charge in [0.05, 0.1) is 0 Å². The highest BCUT2D eigenvalue weighted by Crippen LogP contribution is 2.30. The largest absolute Gasteiger partial charge is 0.0620 e. The van der Waals surface area contributed by atoms with Crippen LogP contribution in [-0.4, -0.2) is 0 Å². The zero-order chi connectivity index (χ0) is 11.7. The first-order chi connectivity index (χ1) is 7.59. The smallest absolute Gasteiger partial charge is 0.0123 e.